The molecule has 1 heterocycles. The zero-order valence-electron chi connectivity index (χ0n) is 18.3. The van der Waals surface area contributed by atoms with Gasteiger partial charge in [-0.25, -0.2) is 13.4 Å². The summed E-state index contributed by atoms with van der Waals surface area (Å²) in [5.41, 5.74) is 0.668. The molecule has 3 aromatic rings. The summed E-state index contributed by atoms with van der Waals surface area (Å²) >= 11 is 0. The van der Waals surface area contributed by atoms with Gasteiger partial charge in [0.05, 0.1) is 25.2 Å². The van der Waals surface area contributed by atoms with Crippen LogP contribution >= 0.6 is 0 Å². The number of nitrogens with zero attached hydrogens (tertiary/aromatic N) is 2. The van der Waals surface area contributed by atoms with Crippen LogP contribution in [0, 0.1) is 0 Å². The smallest absolute Gasteiger partial charge is 0.241 e. The standard InChI is InChI=1S/C22H26N4O5S/c1-15(25-32(28,29)19-8-6-5-7-9-19)22(27)24-20(21-23-10-11-26(21)2)16-12-17(30-3)14-18(13-16)31-4/h5-15,20,25H,1-4H3,(H,24,27)/t15-,20?/m0/s1. The average molecular weight is 459 g/mol. The largest absolute Gasteiger partial charge is 0.497 e. The number of aromatic nitrogens is 2. The highest BCUT2D eigenvalue weighted by Gasteiger charge is 2.27. The van der Waals surface area contributed by atoms with Crippen LogP contribution in [0.5, 0.6) is 11.5 Å². The highest BCUT2D eigenvalue weighted by atomic mass is 32.2. The second-order valence-corrected chi connectivity index (χ2v) is 8.85. The van der Waals surface area contributed by atoms with E-state index in [4.69, 9.17) is 9.47 Å². The molecule has 2 N–H and O–H groups in total. The van der Waals surface area contributed by atoms with E-state index in [9.17, 15) is 13.2 Å². The summed E-state index contributed by atoms with van der Waals surface area (Å²) in [6, 6.07) is 11.4. The molecule has 170 valence electrons. The van der Waals surface area contributed by atoms with Crippen LogP contribution in [0.1, 0.15) is 24.4 Å². The molecule has 2 aromatic carbocycles. The second kappa shape index (κ2) is 9.84. The number of nitrogens with one attached hydrogen (secondary N) is 2. The molecule has 1 aromatic heterocycles. The summed E-state index contributed by atoms with van der Waals surface area (Å²) in [6.07, 6.45) is 3.38. The zero-order valence-corrected chi connectivity index (χ0v) is 19.1. The van der Waals surface area contributed by atoms with Gasteiger partial charge in [-0.15, -0.1) is 0 Å². The Morgan fingerprint density at radius 3 is 2.22 bits per heavy atom. The third kappa shape index (κ3) is 5.27. The molecule has 2 atom stereocenters. The number of hydrogen-bond acceptors (Lipinski definition) is 6. The first kappa shape index (κ1) is 23.3. The van der Waals surface area contributed by atoms with E-state index in [0.717, 1.165) is 0 Å². The number of hydrogen-bond donors (Lipinski definition) is 2. The third-order valence-electron chi connectivity index (χ3n) is 4.89. The Kier molecular flexibility index (Phi) is 7.16. The maximum atomic E-state index is 13.0. The molecule has 9 nitrogen and oxygen atoms in total. The third-order valence-corrected chi connectivity index (χ3v) is 6.45. The van der Waals surface area contributed by atoms with Crippen molar-refractivity contribution >= 4 is 15.9 Å². The van der Waals surface area contributed by atoms with Crippen molar-refractivity contribution in [1.82, 2.24) is 19.6 Å². The molecule has 0 spiro atoms. The summed E-state index contributed by atoms with van der Waals surface area (Å²) in [5.74, 6) is 1.14. The second-order valence-electron chi connectivity index (χ2n) is 7.14. The van der Waals surface area contributed by atoms with Crippen LogP contribution in [0.25, 0.3) is 0 Å². The van der Waals surface area contributed by atoms with E-state index in [2.05, 4.69) is 15.0 Å². The average Bonchev–Trinajstić information content (AvgIpc) is 3.22. The maximum absolute atomic E-state index is 13.0. The Morgan fingerprint density at radius 2 is 1.69 bits per heavy atom. The van der Waals surface area contributed by atoms with Gasteiger partial charge in [-0.05, 0) is 36.8 Å². The molecule has 1 unspecified atom stereocenters. The summed E-state index contributed by atoms with van der Waals surface area (Å²) in [7, 11) is 1.02. The topological polar surface area (TPSA) is 112 Å². The highest BCUT2D eigenvalue weighted by molar-refractivity contribution is 7.89. The zero-order chi connectivity index (χ0) is 23.3. The fourth-order valence-corrected chi connectivity index (χ4v) is 4.39. The van der Waals surface area contributed by atoms with Crippen molar-refractivity contribution < 1.29 is 22.7 Å². The molecular formula is C22H26N4O5S. The molecule has 3 rings (SSSR count). The van der Waals surface area contributed by atoms with Crippen molar-refractivity contribution in [3.63, 3.8) is 0 Å². The lowest BCUT2D eigenvalue weighted by molar-refractivity contribution is -0.122. The highest BCUT2D eigenvalue weighted by Crippen LogP contribution is 2.29. The van der Waals surface area contributed by atoms with Gasteiger partial charge in [-0.2, -0.15) is 4.72 Å². The van der Waals surface area contributed by atoms with Gasteiger partial charge in [0, 0.05) is 25.5 Å². The minimum Gasteiger partial charge on any atom is -0.497 e. The lowest BCUT2D eigenvalue weighted by Crippen LogP contribution is -2.46. The van der Waals surface area contributed by atoms with Crippen molar-refractivity contribution in [2.45, 2.75) is 23.9 Å². The number of sulfonamides is 1. The Morgan fingerprint density at radius 1 is 1.06 bits per heavy atom. The van der Waals surface area contributed by atoms with Gasteiger partial charge in [0.2, 0.25) is 15.9 Å². The number of aryl methyl sites for hydroxylation is 1. The van der Waals surface area contributed by atoms with E-state index >= 15 is 0 Å². The molecule has 0 aliphatic carbocycles. The van der Waals surface area contributed by atoms with E-state index in [1.165, 1.54) is 33.3 Å². The Balaban J connectivity index is 1.89. The van der Waals surface area contributed by atoms with Crippen LogP contribution in [0.4, 0.5) is 0 Å². The predicted molar refractivity (Wildman–Crippen MR) is 119 cm³/mol. The number of rotatable bonds is 9. The van der Waals surface area contributed by atoms with Gasteiger partial charge in [0.25, 0.3) is 0 Å². The molecule has 0 fully saturated rings. The summed E-state index contributed by atoms with van der Waals surface area (Å²) < 4.78 is 40.1. The van der Waals surface area contributed by atoms with Crippen LogP contribution in [0.2, 0.25) is 0 Å². The number of ether oxygens (including phenoxy) is 2. The maximum Gasteiger partial charge on any atom is 0.241 e. The van der Waals surface area contributed by atoms with Gasteiger partial charge in [-0.1, -0.05) is 18.2 Å². The normalized spacial score (nSPS) is 13.2. The summed E-state index contributed by atoms with van der Waals surface area (Å²) in [5, 5.41) is 2.89. The molecule has 0 radical (unpaired) electrons. The van der Waals surface area contributed by atoms with Gasteiger partial charge in [0.15, 0.2) is 0 Å². The van der Waals surface area contributed by atoms with E-state index in [0.29, 0.717) is 22.9 Å². The number of carbonyl (C=O) groups excluding carboxylic acids is 1. The van der Waals surface area contributed by atoms with E-state index < -0.39 is 28.0 Å². The van der Waals surface area contributed by atoms with Gasteiger partial charge < -0.3 is 19.4 Å². The molecular weight excluding hydrogens is 432 g/mol. The Labute approximate surface area is 187 Å². The Hall–Kier alpha value is -3.37. The quantitative estimate of drug-likeness (QED) is 0.507. The Bertz CT molecular complexity index is 1160. The van der Waals surface area contributed by atoms with Crippen molar-refractivity contribution in [2.24, 2.45) is 7.05 Å². The lowest BCUT2D eigenvalue weighted by atomic mass is 10.0. The first-order chi connectivity index (χ1) is 15.2. The fraction of sp³-hybridized carbons (Fsp3) is 0.273. The monoisotopic (exact) mass is 458 g/mol. The van der Waals surface area contributed by atoms with Crippen LogP contribution in [0.15, 0.2) is 65.8 Å². The number of methoxy groups -OCH3 is 2. The number of carbonyl (C=O) groups is 1. The SMILES string of the molecule is COc1cc(OC)cc(C(NC(=O)[C@H](C)NS(=O)(=O)c2ccccc2)c2nccn2C)c1. The first-order valence-electron chi connectivity index (χ1n) is 9.83. The fourth-order valence-electron chi connectivity index (χ4n) is 3.17. The first-order valence-corrected chi connectivity index (χ1v) is 11.3. The lowest BCUT2D eigenvalue weighted by Gasteiger charge is -2.23. The van der Waals surface area contributed by atoms with E-state index in [-0.39, 0.29) is 4.90 Å². The van der Waals surface area contributed by atoms with Crippen LogP contribution in [0.3, 0.4) is 0 Å². The number of benzene rings is 2. The van der Waals surface area contributed by atoms with Crippen LogP contribution < -0.4 is 19.5 Å². The minimum atomic E-state index is -3.86. The molecule has 0 aliphatic heterocycles. The van der Waals surface area contributed by atoms with Crippen molar-refractivity contribution in [2.75, 3.05) is 14.2 Å². The van der Waals surface area contributed by atoms with Crippen molar-refractivity contribution in [3.8, 4) is 11.5 Å². The molecule has 0 saturated heterocycles. The van der Waals surface area contributed by atoms with Gasteiger partial charge >= 0.3 is 0 Å². The van der Waals surface area contributed by atoms with Gasteiger partial charge in [0.1, 0.15) is 23.4 Å². The van der Waals surface area contributed by atoms with Crippen molar-refractivity contribution in [3.05, 3.63) is 72.3 Å². The molecule has 0 saturated carbocycles. The number of imidazole rings is 1. The molecule has 10 heteroatoms. The van der Waals surface area contributed by atoms with Crippen LogP contribution in [-0.2, 0) is 21.9 Å². The van der Waals surface area contributed by atoms with Crippen LogP contribution in [-0.4, -0.2) is 44.1 Å². The predicted octanol–water partition coefficient (Wildman–Crippen LogP) is 2.01. The molecule has 0 bridgehead atoms. The molecule has 0 aliphatic rings. The number of amides is 1. The van der Waals surface area contributed by atoms with E-state index in [1.54, 1.807) is 60.4 Å². The molecule has 32 heavy (non-hydrogen) atoms. The minimum absolute atomic E-state index is 0.0813. The van der Waals surface area contributed by atoms with Gasteiger partial charge in [-0.3, -0.25) is 4.79 Å². The summed E-state index contributed by atoms with van der Waals surface area (Å²) in [6.45, 7) is 1.48. The van der Waals surface area contributed by atoms with E-state index in [1.807, 2.05) is 0 Å². The molecule has 1 amide bonds. The van der Waals surface area contributed by atoms with Crippen molar-refractivity contribution in [1.29, 1.82) is 0 Å². The summed E-state index contributed by atoms with van der Waals surface area (Å²) in [4.78, 5) is 17.5.